The van der Waals surface area contributed by atoms with E-state index >= 15 is 0 Å². The van der Waals surface area contributed by atoms with Crippen LogP contribution in [0.4, 0.5) is 0 Å². The first kappa shape index (κ1) is 14.3. The van der Waals surface area contributed by atoms with Crippen LogP contribution in [0.1, 0.15) is 16.5 Å². The number of benzene rings is 1. The summed E-state index contributed by atoms with van der Waals surface area (Å²) >= 11 is 8.61. The second-order valence-corrected chi connectivity index (χ2v) is 5.90. The van der Waals surface area contributed by atoms with Crippen LogP contribution in [0.2, 0.25) is 5.02 Å². The maximum atomic E-state index is 11.9. The van der Waals surface area contributed by atoms with Crippen molar-refractivity contribution in [3.05, 3.63) is 45.9 Å². The summed E-state index contributed by atoms with van der Waals surface area (Å²) in [6, 6.07) is 7.60. The van der Waals surface area contributed by atoms with Crippen LogP contribution in [0.3, 0.4) is 0 Å². The lowest BCUT2D eigenvalue weighted by atomic mass is 10.2. The van der Waals surface area contributed by atoms with E-state index in [4.69, 9.17) is 11.6 Å². The summed E-state index contributed by atoms with van der Waals surface area (Å²) in [5, 5.41) is 8.81. The minimum absolute atomic E-state index is 0.0633. The highest BCUT2D eigenvalue weighted by Gasteiger charge is 2.22. The van der Waals surface area contributed by atoms with Gasteiger partial charge in [-0.05, 0) is 29.2 Å². The number of nitrogens with one attached hydrogen (secondary N) is 1. The van der Waals surface area contributed by atoms with Gasteiger partial charge in [0.05, 0.1) is 5.69 Å². The van der Waals surface area contributed by atoms with Crippen molar-refractivity contribution in [3.63, 3.8) is 0 Å². The van der Waals surface area contributed by atoms with Crippen LogP contribution >= 0.6 is 34.9 Å². The Labute approximate surface area is 124 Å². The molecule has 1 heterocycles. The molecule has 0 bridgehead atoms. The third kappa shape index (κ3) is 3.92. The number of aromatic nitrogens is 2. The van der Waals surface area contributed by atoms with Crippen LogP contribution in [0.15, 0.2) is 29.6 Å². The summed E-state index contributed by atoms with van der Waals surface area (Å²) in [5.74, 6) is 0.652. The van der Waals surface area contributed by atoms with E-state index in [2.05, 4.69) is 14.9 Å². The maximum Gasteiger partial charge on any atom is 0.239 e. The van der Waals surface area contributed by atoms with Gasteiger partial charge in [0.25, 0.3) is 0 Å². The van der Waals surface area contributed by atoms with Crippen LogP contribution in [-0.2, 0) is 10.5 Å². The molecular weight excluding hydrogens is 302 g/mol. The lowest BCUT2D eigenvalue weighted by Crippen LogP contribution is -2.24. The fourth-order valence-electron chi connectivity index (χ4n) is 1.47. The molecule has 0 saturated heterocycles. The molecule has 0 saturated carbocycles. The lowest BCUT2D eigenvalue weighted by molar-refractivity contribution is -0.120. The zero-order valence-corrected chi connectivity index (χ0v) is 12.6. The molecule has 4 nitrogen and oxygen atoms in total. The second-order valence-electron chi connectivity index (χ2n) is 3.76. The lowest BCUT2D eigenvalue weighted by Gasteiger charge is -2.12. The predicted octanol–water partition coefficient (Wildman–Crippen LogP) is 2.91. The number of amides is 1. The van der Waals surface area contributed by atoms with Crippen molar-refractivity contribution in [3.8, 4) is 0 Å². The Morgan fingerprint density at radius 2 is 2.21 bits per heavy atom. The standard InChI is InChI=1S/C12H12ClN3OS2/c1-14-12(17)11(10-7-19-16-15-10)18-6-8-2-4-9(13)5-3-8/h2-5,7,11H,6H2,1H3,(H,14,17). The van der Waals surface area contributed by atoms with Gasteiger partial charge in [-0.1, -0.05) is 28.2 Å². The molecule has 100 valence electrons. The zero-order chi connectivity index (χ0) is 13.7. The Bertz CT molecular complexity index is 530. The van der Waals surface area contributed by atoms with E-state index in [0.717, 1.165) is 5.56 Å². The van der Waals surface area contributed by atoms with Crippen molar-refractivity contribution in [2.75, 3.05) is 7.05 Å². The van der Waals surface area contributed by atoms with E-state index in [1.165, 1.54) is 23.3 Å². The summed E-state index contributed by atoms with van der Waals surface area (Å²) in [4.78, 5) is 11.9. The highest BCUT2D eigenvalue weighted by atomic mass is 35.5. The largest absolute Gasteiger partial charge is 0.358 e. The van der Waals surface area contributed by atoms with Gasteiger partial charge in [-0.2, -0.15) is 0 Å². The van der Waals surface area contributed by atoms with Crippen LogP contribution < -0.4 is 5.32 Å². The molecule has 0 fully saturated rings. The first-order valence-corrected chi connectivity index (χ1v) is 7.81. The minimum Gasteiger partial charge on any atom is -0.358 e. The number of nitrogens with zero attached hydrogens (tertiary/aromatic N) is 2. The maximum absolute atomic E-state index is 11.9. The van der Waals surface area contributed by atoms with Crippen molar-refractivity contribution in [2.45, 2.75) is 11.0 Å². The van der Waals surface area contributed by atoms with Crippen molar-refractivity contribution in [2.24, 2.45) is 0 Å². The molecule has 2 aromatic rings. The van der Waals surface area contributed by atoms with Crippen molar-refractivity contribution >= 4 is 40.8 Å². The first-order chi connectivity index (χ1) is 9.20. The molecule has 1 unspecified atom stereocenters. The predicted molar refractivity (Wildman–Crippen MR) is 79.5 cm³/mol. The number of likely N-dealkylation sites (N-methyl/N-ethyl adjacent to an activating group) is 1. The molecule has 1 N–H and O–H groups in total. The van der Waals surface area contributed by atoms with E-state index in [9.17, 15) is 4.79 Å². The Hall–Kier alpha value is -1.11. The van der Waals surface area contributed by atoms with Gasteiger partial charge in [0.15, 0.2) is 0 Å². The Kier molecular flexibility index (Phi) is 5.18. The number of carbonyl (C=O) groups excluding carboxylic acids is 1. The molecule has 0 aliphatic heterocycles. The molecule has 7 heteroatoms. The number of halogens is 1. The molecule has 0 aliphatic rings. The molecule has 0 spiro atoms. The third-order valence-electron chi connectivity index (χ3n) is 2.46. The van der Waals surface area contributed by atoms with E-state index in [1.54, 1.807) is 12.4 Å². The van der Waals surface area contributed by atoms with E-state index in [1.807, 2.05) is 24.3 Å². The Morgan fingerprint density at radius 1 is 1.47 bits per heavy atom. The molecule has 0 aliphatic carbocycles. The van der Waals surface area contributed by atoms with Gasteiger partial charge >= 0.3 is 0 Å². The third-order valence-corrected chi connectivity index (χ3v) is 4.52. The number of hydrogen-bond acceptors (Lipinski definition) is 5. The molecule has 1 aromatic heterocycles. The van der Waals surface area contributed by atoms with Crippen LogP contribution in [-0.4, -0.2) is 22.5 Å². The fraction of sp³-hybridized carbons (Fsp3) is 0.250. The van der Waals surface area contributed by atoms with Gasteiger partial charge in [0, 0.05) is 23.2 Å². The first-order valence-electron chi connectivity index (χ1n) is 5.55. The molecule has 1 atom stereocenters. The van der Waals surface area contributed by atoms with Gasteiger partial charge in [0.1, 0.15) is 5.25 Å². The summed E-state index contributed by atoms with van der Waals surface area (Å²) in [6.07, 6.45) is 0. The quantitative estimate of drug-likeness (QED) is 0.922. The molecule has 1 aromatic carbocycles. The number of thioether (sulfide) groups is 1. The van der Waals surface area contributed by atoms with E-state index < -0.39 is 0 Å². The summed E-state index contributed by atoms with van der Waals surface area (Å²) in [6.45, 7) is 0. The average molecular weight is 314 g/mol. The van der Waals surface area contributed by atoms with Crippen molar-refractivity contribution in [1.29, 1.82) is 0 Å². The Morgan fingerprint density at radius 3 is 2.79 bits per heavy atom. The van der Waals surface area contributed by atoms with Crippen LogP contribution in [0.5, 0.6) is 0 Å². The molecule has 1 amide bonds. The van der Waals surface area contributed by atoms with E-state index in [-0.39, 0.29) is 11.2 Å². The number of carbonyl (C=O) groups is 1. The molecule has 0 radical (unpaired) electrons. The van der Waals surface area contributed by atoms with Gasteiger partial charge < -0.3 is 5.32 Å². The van der Waals surface area contributed by atoms with Gasteiger partial charge in [-0.25, -0.2) is 0 Å². The van der Waals surface area contributed by atoms with Gasteiger partial charge in [-0.15, -0.1) is 16.9 Å². The van der Waals surface area contributed by atoms with Gasteiger partial charge in [0.2, 0.25) is 5.91 Å². The summed E-state index contributed by atoms with van der Waals surface area (Å²) in [7, 11) is 1.62. The smallest absolute Gasteiger partial charge is 0.239 e. The normalized spacial score (nSPS) is 12.1. The molecular formula is C12H12ClN3OS2. The second kappa shape index (κ2) is 6.88. The monoisotopic (exact) mass is 313 g/mol. The van der Waals surface area contributed by atoms with E-state index in [0.29, 0.717) is 16.5 Å². The van der Waals surface area contributed by atoms with Crippen molar-refractivity contribution in [1.82, 2.24) is 14.9 Å². The minimum atomic E-state index is -0.334. The Balaban J connectivity index is 2.05. The average Bonchev–Trinajstić information content (AvgIpc) is 2.94. The van der Waals surface area contributed by atoms with Gasteiger partial charge in [-0.3, -0.25) is 4.79 Å². The molecule has 19 heavy (non-hydrogen) atoms. The topological polar surface area (TPSA) is 54.9 Å². The fourth-order valence-corrected chi connectivity index (χ4v) is 3.27. The number of hydrogen-bond donors (Lipinski definition) is 1. The van der Waals surface area contributed by atoms with Crippen LogP contribution in [0.25, 0.3) is 0 Å². The highest BCUT2D eigenvalue weighted by Crippen LogP contribution is 2.31. The molecule has 2 rings (SSSR count). The number of rotatable bonds is 5. The zero-order valence-electron chi connectivity index (χ0n) is 10.2. The van der Waals surface area contributed by atoms with Crippen LogP contribution in [0, 0.1) is 0 Å². The highest BCUT2D eigenvalue weighted by molar-refractivity contribution is 7.99. The van der Waals surface area contributed by atoms with Crippen molar-refractivity contribution < 1.29 is 4.79 Å². The summed E-state index contributed by atoms with van der Waals surface area (Å²) in [5.41, 5.74) is 1.81. The SMILES string of the molecule is CNC(=O)C(SCc1ccc(Cl)cc1)c1csnn1. The summed E-state index contributed by atoms with van der Waals surface area (Å²) < 4.78 is 3.81.